The highest BCUT2D eigenvalue weighted by atomic mass is 35.5. The molecule has 2 aromatic heterocycles. The van der Waals surface area contributed by atoms with Gasteiger partial charge in [-0.15, -0.1) is 11.6 Å². The van der Waals surface area contributed by atoms with Crippen LogP contribution in [0.3, 0.4) is 0 Å². The Kier molecular flexibility index (Phi) is 4.73. The number of nitrogens with zero attached hydrogens (tertiary/aromatic N) is 1. The fourth-order valence-electron chi connectivity index (χ4n) is 3.27. The second-order valence-electron chi connectivity index (χ2n) is 6.47. The lowest BCUT2D eigenvalue weighted by molar-refractivity contribution is 0.689. The average molecular weight is 375 g/mol. The molecule has 0 bridgehead atoms. The van der Waals surface area contributed by atoms with E-state index in [4.69, 9.17) is 28.2 Å². The summed E-state index contributed by atoms with van der Waals surface area (Å²) < 4.78 is 0. The molecule has 0 amide bonds. The maximum Gasteiger partial charge on any atom is 0.126 e. The third-order valence-corrected chi connectivity index (χ3v) is 5.22. The number of fused-ring (bicyclic) bond motifs is 1. The van der Waals surface area contributed by atoms with Crippen LogP contribution < -0.4 is 10.6 Å². The van der Waals surface area contributed by atoms with Gasteiger partial charge in [-0.2, -0.15) is 0 Å². The molecule has 2 unspecified atom stereocenters. The fraction of sp³-hybridized carbons (Fsp3) is 0.316. The summed E-state index contributed by atoms with van der Waals surface area (Å²) in [7, 11) is 0. The lowest BCUT2D eigenvalue weighted by atomic mass is 10.0. The van der Waals surface area contributed by atoms with E-state index in [0.29, 0.717) is 5.92 Å². The van der Waals surface area contributed by atoms with Crippen LogP contribution in [-0.4, -0.2) is 28.4 Å². The van der Waals surface area contributed by atoms with Crippen LogP contribution in [0, 0.1) is 5.92 Å². The number of nitrogens with one attached hydrogen (secondary N) is 3. The minimum Gasteiger partial charge on any atom is -0.370 e. The smallest absolute Gasteiger partial charge is 0.126 e. The van der Waals surface area contributed by atoms with Crippen molar-refractivity contribution in [1.29, 1.82) is 0 Å². The summed E-state index contributed by atoms with van der Waals surface area (Å²) in [4.78, 5) is 8.07. The molecule has 1 aliphatic carbocycles. The van der Waals surface area contributed by atoms with Crippen molar-refractivity contribution in [2.75, 3.05) is 23.7 Å². The van der Waals surface area contributed by atoms with Gasteiger partial charge >= 0.3 is 0 Å². The van der Waals surface area contributed by atoms with Crippen LogP contribution in [0.2, 0.25) is 0 Å². The zero-order valence-corrected chi connectivity index (χ0v) is 15.2. The molecule has 0 fully saturated rings. The summed E-state index contributed by atoms with van der Waals surface area (Å²) in [6.45, 7) is 1.63. The molecule has 1 aliphatic heterocycles. The first-order valence-electron chi connectivity index (χ1n) is 8.52. The normalized spacial score (nSPS) is 22.1. The molecule has 0 aromatic carbocycles. The number of anilines is 2. The van der Waals surface area contributed by atoms with Crippen LogP contribution in [0.5, 0.6) is 0 Å². The Labute approximate surface area is 157 Å². The van der Waals surface area contributed by atoms with Crippen LogP contribution in [-0.2, 0) is 6.42 Å². The van der Waals surface area contributed by atoms with Gasteiger partial charge in [0.05, 0.1) is 11.1 Å². The Bertz CT molecular complexity index is 825. The van der Waals surface area contributed by atoms with E-state index in [9.17, 15) is 0 Å². The summed E-state index contributed by atoms with van der Waals surface area (Å²) in [5, 5.41) is 7.70. The van der Waals surface area contributed by atoms with Crippen LogP contribution in [0.25, 0.3) is 11.3 Å². The number of alkyl halides is 1. The predicted octanol–water partition coefficient (Wildman–Crippen LogP) is 4.76. The number of hydrogen-bond donors (Lipinski definition) is 3. The van der Waals surface area contributed by atoms with E-state index < -0.39 is 0 Å². The van der Waals surface area contributed by atoms with Gasteiger partial charge in [-0.05, 0) is 37.0 Å². The number of aromatic nitrogens is 2. The van der Waals surface area contributed by atoms with Gasteiger partial charge in [0.2, 0.25) is 0 Å². The van der Waals surface area contributed by atoms with Gasteiger partial charge in [0.15, 0.2) is 0 Å². The number of H-pyrrole nitrogens is 1. The van der Waals surface area contributed by atoms with Gasteiger partial charge in [-0.25, -0.2) is 4.98 Å². The summed E-state index contributed by atoms with van der Waals surface area (Å²) in [5.74, 6) is 2.38. The molecule has 4 rings (SSSR count). The summed E-state index contributed by atoms with van der Waals surface area (Å²) in [6, 6.07) is 6.07. The molecule has 0 radical (unpaired) electrons. The van der Waals surface area contributed by atoms with Gasteiger partial charge in [-0.1, -0.05) is 29.8 Å². The Morgan fingerprint density at radius 3 is 3.08 bits per heavy atom. The number of halogens is 2. The molecule has 3 heterocycles. The minimum absolute atomic E-state index is 0.112. The third-order valence-electron chi connectivity index (χ3n) is 4.63. The van der Waals surface area contributed by atoms with E-state index in [2.05, 4.69) is 27.8 Å². The van der Waals surface area contributed by atoms with E-state index >= 15 is 0 Å². The largest absolute Gasteiger partial charge is 0.370 e. The highest BCUT2D eigenvalue weighted by Crippen LogP contribution is 2.33. The number of allylic oxidation sites excluding steroid dienone is 3. The van der Waals surface area contributed by atoms with Crippen molar-refractivity contribution < 1.29 is 0 Å². The van der Waals surface area contributed by atoms with Crippen molar-refractivity contribution in [1.82, 2.24) is 9.97 Å². The fourth-order valence-corrected chi connectivity index (χ4v) is 3.66. The van der Waals surface area contributed by atoms with Crippen LogP contribution >= 0.6 is 23.2 Å². The molecule has 0 saturated carbocycles. The molecule has 2 aliphatic rings. The van der Waals surface area contributed by atoms with Crippen LogP contribution in [0.4, 0.5) is 11.6 Å². The SMILES string of the molecule is ClC1=CCC(CNc2cccc(-c3c[nH]c4c3CC(Cl)CN4)n2)C=C1. The Balaban J connectivity index is 1.49. The van der Waals surface area contributed by atoms with E-state index in [0.717, 1.165) is 53.9 Å². The van der Waals surface area contributed by atoms with Gasteiger partial charge < -0.3 is 15.6 Å². The first kappa shape index (κ1) is 16.6. The molecular formula is C19H20Cl2N4. The number of aromatic amines is 1. The molecule has 0 saturated heterocycles. The zero-order valence-electron chi connectivity index (χ0n) is 13.7. The maximum absolute atomic E-state index is 6.31. The van der Waals surface area contributed by atoms with Gasteiger partial charge in [0, 0.05) is 35.4 Å². The molecule has 3 N–H and O–H groups in total. The van der Waals surface area contributed by atoms with E-state index in [1.807, 2.05) is 30.5 Å². The zero-order chi connectivity index (χ0) is 17.2. The Morgan fingerprint density at radius 2 is 2.24 bits per heavy atom. The van der Waals surface area contributed by atoms with Crippen molar-refractivity contribution in [3.05, 3.63) is 53.2 Å². The second-order valence-corrected chi connectivity index (χ2v) is 7.52. The first-order chi connectivity index (χ1) is 12.2. The van der Waals surface area contributed by atoms with E-state index in [1.165, 1.54) is 5.56 Å². The number of pyridine rings is 1. The molecule has 25 heavy (non-hydrogen) atoms. The molecule has 2 aromatic rings. The molecule has 130 valence electrons. The molecule has 6 heteroatoms. The monoisotopic (exact) mass is 374 g/mol. The van der Waals surface area contributed by atoms with Gasteiger partial charge in [0.25, 0.3) is 0 Å². The summed E-state index contributed by atoms with van der Waals surface area (Å²) in [5.41, 5.74) is 3.28. The van der Waals surface area contributed by atoms with Gasteiger partial charge in [0.1, 0.15) is 11.6 Å². The number of hydrogen-bond acceptors (Lipinski definition) is 3. The topological polar surface area (TPSA) is 52.7 Å². The average Bonchev–Trinajstić information content (AvgIpc) is 3.04. The first-order valence-corrected chi connectivity index (χ1v) is 9.34. The maximum atomic E-state index is 6.31. The molecule has 2 atom stereocenters. The number of rotatable bonds is 4. The lowest BCUT2D eigenvalue weighted by Crippen LogP contribution is -2.23. The highest BCUT2D eigenvalue weighted by molar-refractivity contribution is 6.31. The molecule has 0 spiro atoms. The predicted molar refractivity (Wildman–Crippen MR) is 106 cm³/mol. The summed E-state index contributed by atoms with van der Waals surface area (Å²) in [6.07, 6.45) is 9.98. The second kappa shape index (κ2) is 7.14. The van der Waals surface area contributed by atoms with Crippen molar-refractivity contribution in [2.24, 2.45) is 5.92 Å². The van der Waals surface area contributed by atoms with E-state index in [1.54, 1.807) is 0 Å². The standard InChI is InChI=1S/C19H20Cl2N4/c20-13-6-4-12(5-7-13)9-22-18-3-1-2-17(25-18)16-11-24-19-15(16)8-14(21)10-23-19/h1-4,6-7,11-12,14,23-24H,5,8-10H2,(H,22,25). The lowest BCUT2D eigenvalue weighted by Gasteiger charge is -2.20. The van der Waals surface area contributed by atoms with E-state index in [-0.39, 0.29) is 5.38 Å². The molecular weight excluding hydrogens is 355 g/mol. The Hall–Kier alpha value is -1.91. The quantitative estimate of drug-likeness (QED) is 0.676. The van der Waals surface area contributed by atoms with Crippen molar-refractivity contribution >= 4 is 34.8 Å². The van der Waals surface area contributed by atoms with Gasteiger partial charge in [-0.3, -0.25) is 0 Å². The Morgan fingerprint density at radius 1 is 1.32 bits per heavy atom. The highest BCUT2D eigenvalue weighted by Gasteiger charge is 2.22. The van der Waals surface area contributed by atoms with Crippen molar-refractivity contribution in [3.8, 4) is 11.3 Å². The minimum atomic E-state index is 0.112. The van der Waals surface area contributed by atoms with Crippen molar-refractivity contribution in [3.63, 3.8) is 0 Å². The van der Waals surface area contributed by atoms with Crippen LogP contribution in [0.15, 0.2) is 47.7 Å². The third kappa shape index (κ3) is 3.70. The molecule has 4 nitrogen and oxygen atoms in total. The summed E-state index contributed by atoms with van der Waals surface area (Å²) >= 11 is 12.3. The van der Waals surface area contributed by atoms with Crippen molar-refractivity contribution in [2.45, 2.75) is 18.2 Å². The van der Waals surface area contributed by atoms with Crippen LogP contribution in [0.1, 0.15) is 12.0 Å².